The summed E-state index contributed by atoms with van der Waals surface area (Å²) in [5.41, 5.74) is 2.53. The molecule has 2 heterocycles. The normalized spacial score (nSPS) is 10.9. The lowest BCUT2D eigenvalue weighted by Crippen LogP contribution is -2.01. The van der Waals surface area contributed by atoms with Gasteiger partial charge in [-0.3, -0.25) is 4.57 Å². The number of fused-ring (bicyclic) bond motifs is 1. The number of aromatic nitrogens is 3. The van der Waals surface area contributed by atoms with Gasteiger partial charge in [-0.2, -0.15) is 0 Å². The number of rotatable bonds is 3. The fourth-order valence-electron chi connectivity index (χ4n) is 2.11. The predicted octanol–water partition coefficient (Wildman–Crippen LogP) is 3.93. The minimum absolute atomic E-state index is 0.314. The van der Waals surface area contributed by atoms with E-state index in [1.54, 1.807) is 13.3 Å². The van der Waals surface area contributed by atoms with Crippen molar-refractivity contribution in [3.8, 4) is 11.4 Å². The number of ether oxygens (including phenoxy) is 1. The molecule has 0 aliphatic carbocycles. The van der Waals surface area contributed by atoms with Crippen molar-refractivity contribution in [1.82, 2.24) is 14.5 Å². The Kier molecular flexibility index (Phi) is 3.63. The number of pyridine rings is 1. The van der Waals surface area contributed by atoms with Crippen LogP contribution in [0.15, 0.2) is 41.0 Å². The SMILES string of the molecule is COc1cc(-n2c(CCl)nc3cccnc32)ccc1Br. The summed E-state index contributed by atoms with van der Waals surface area (Å²) >= 11 is 9.45. The van der Waals surface area contributed by atoms with Crippen molar-refractivity contribution in [1.29, 1.82) is 0 Å². The van der Waals surface area contributed by atoms with E-state index in [4.69, 9.17) is 16.3 Å². The summed E-state index contributed by atoms with van der Waals surface area (Å²) in [6, 6.07) is 9.61. The van der Waals surface area contributed by atoms with Crippen LogP contribution in [-0.2, 0) is 5.88 Å². The van der Waals surface area contributed by atoms with Gasteiger partial charge in [0.25, 0.3) is 0 Å². The van der Waals surface area contributed by atoms with Crippen LogP contribution in [0.2, 0.25) is 0 Å². The van der Waals surface area contributed by atoms with Gasteiger partial charge in [-0.25, -0.2) is 9.97 Å². The van der Waals surface area contributed by atoms with Crippen molar-refractivity contribution in [3.05, 3.63) is 46.8 Å². The number of imidazole rings is 1. The molecule has 1 aromatic carbocycles. The molecule has 0 unspecified atom stereocenters. The molecule has 0 amide bonds. The Labute approximate surface area is 129 Å². The second-order valence-electron chi connectivity index (χ2n) is 4.16. The largest absolute Gasteiger partial charge is 0.495 e. The van der Waals surface area contributed by atoms with Gasteiger partial charge in [-0.05, 0) is 40.2 Å². The molecule has 20 heavy (non-hydrogen) atoms. The summed E-state index contributed by atoms with van der Waals surface area (Å²) in [7, 11) is 1.64. The highest BCUT2D eigenvalue weighted by atomic mass is 79.9. The number of hydrogen-bond donors (Lipinski definition) is 0. The first-order chi connectivity index (χ1) is 9.74. The van der Waals surface area contributed by atoms with Crippen molar-refractivity contribution in [3.63, 3.8) is 0 Å². The van der Waals surface area contributed by atoms with Crippen LogP contribution in [0.25, 0.3) is 16.9 Å². The average molecular weight is 353 g/mol. The summed E-state index contributed by atoms with van der Waals surface area (Å²) in [6.07, 6.45) is 1.74. The molecule has 0 saturated heterocycles. The molecule has 0 bridgehead atoms. The molecule has 6 heteroatoms. The van der Waals surface area contributed by atoms with Gasteiger partial charge in [0.15, 0.2) is 5.65 Å². The Morgan fingerprint density at radius 3 is 2.95 bits per heavy atom. The second-order valence-corrected chi connectivity index (χ2v) is 5.28. The van der Waals surface area contributed by atoms with Gasteiger partial charge in [-0.15, -0.1) is 11.6 Å². The summed E-state index contributed by atoms with van der Waals surface area (Å²) < 4.78 is 8.17. The predicted molar refractivity (Wildman–Crippen MR) is 82.7 cm³/mol. The monoisotopic (exact) mass is 351 g/mol. The van der Waals surface area contributed by atoms with E-state index >= 15 is 0 Å². The number of alkyl halides is 1. The zero-order valence-electron chi connectivity index (χ0n) is 10.7. The quantitative estimate of drug-likeness (QED) is 0.671. The Bertz CT molecular complexity index is 772. The van der Waals surface area contributed by atoms with Crippen LogP contribution in [0.3, 0.4) is 0 Å². The maximum absolute atomic E-state index is 6.01. The van der Waals surface area contributed by atoms with Gasteiger partial charge in [0.1, 0.15) is 17.1 Å². The van der Waals surface area contributed by atoms with Gasteiger partial charge in [0.05, 0.1) is 23.1 Å². The molecule has 0 saturated carbocycles. The van der Waals surface area contributed by atoms with Gasteiger partial charge in [0.2, 0.25) is 0 Å². The van der Waals surface area contributed by atoms with Gasteiger partial charge in [0, 0.05) is 12.3 Å². The van der Waals surface area contributed by atoms with Crippen molar-refractivity contribution in [2.24, 2.45) is 0 Å². The second kappa shape index (κ2) is 5.42. The van der Waals surface area contributed by atoms with E-state index < -0.39 is 0 Å². The van der Waals surface area contributed by atoms with E-state index in [1.165, 1.54) is 0 Å². The molecule has 4 nitrogen and oxygen atoms in total. The zero-order valence-corrected chi connectivity index (χ0v) is 13.0. The number of halogens is 2. The molecule has 0 radical (unpaired) electrons. The highest BCUT2D eigenvalue weighted by Gasteiger charge is 2.13. The standard InChI is InChI=1S/C14H11BrClN3O/c1-20-12-7-9(4-5-10(12)15)19-13(8-16)18-11-3-2-6-17-14(11)19/h2-7H,8H2,1H3. The first-order valence-electron chi connectivity index (χ1n) is 5.97. The Hall–Kier alpha value is -1.59. The third kappa shape index (κ3) is 2.17. The molecule has 0 atom stereocenters. The Morgan fingerprint density at radius 2 is 2.20 bits per heavy atom. The maximum Gasteiger partial charge on any atom is 0.164 e. The van der Waals surface area contributed by atoms with Crippen LogP contribution in [0.5, 0.6) is 5.75 Å². The molecule has 2 aromatic heterocycles. The van der Waals surface area contributed by atoms with E-state index in [-0.39, 0.29) is 0 Å². The molecule has 0 spiro atoms. The highest BCUT2D eigenvalue weighted by molar-refractivity contribution is 9.10. The van der Waals surface area contributed by atoms with Crippen molar-refractivity contribution < 1.29 is 4.74 Å². The fourth-order valence-corrected chi connectivity index (χ4v) is 2.70. The van der Waals surface area contributed by atoms with Crippen LogP contribution in [0.1, 0.15) is 5.82 Å². The topological polar surface area (TPSA) is 39.9 Å². The molecule has 0 aliphatic heterocycles. The lowest BCUT2D eigenvalue weighted by molar-refractivity contribution is 0.412. The number of benzene rings is 1. The van der Waals surface area contributed by atoms with Crippen molar-refractivity contribution in [2.45, 2.75) is 5.88 Å². The van der Waals surface area contributed by atoms with Crippen LogP contribution < -0.4 is 4.74 Å². The third-order valence-corrected chi connectivity index (χ3v) is 3.89. The molecule has 102 valence electrons. The van der Waals surface area contributed by atoms with E-state index in [0.29, 0.717) is 5.88 Å². The first kappa shape index (κ1) is 13.4. The molecule has 3 aromatic rings. The lowest BCUT2D eigenvalue weighted by Gasteiger charge is -2.10. The highest BCUT2D eigenvalue weighted by Crippen LogP contribution is 2.29. The zero-order chi connectivity index (χ0) is 14.1. The maximum atomic E-state index is 6.01. The minimum atomic E-state index is 0.314. The molecule has 0 N–H and O–H groups in total. The van der Waals surface area contributed by atoms with Crippen molar-refractivity contribution in [2.75, 3.05) is 7.11 Å². The first-order valence-corrected chi connectivity index (χ1v) is 7.29. The summed E-state index contributed by atoms with van der Waals surface area (Å²) in [4.78, 5) is 8.89. The van der Waals surface area contributed by atoms with E-state index in [0.717, 1.165) is 32.9 Å². The molecule has 3 rings (SSSR count). The summed E-state index contributed by atoms with van der Waals surface area (Å²) in [6.45, 7) is 0. The van der Waals surface area contributed by atoms with Crippen LogP contribution in [0.4, 0.5) is 0 Å². The van der Waals surface area contributed by atoms with Crippen LogP contribution >= 0.6 is 27.5 Å². The Morgan fingerprint density at radius 1 is 1.35 bits per heavy atom. The third-order valence-electron chi connectivity index (χ3n) is 3.00. The van der Waals surface area contributed by atoms with Crippen LogP contribution in [-0.4, -0.2) is 21.6 Å². The molecular weight excluding hydrogens is 342 g/mol. The smallest absolute Gasteiger partial charge is 0.164 e. The number of nitrogens with zero attached hydrogens (tertiary/aromatic N) is 3. The summed E-state index contributed by atoms with van der Waals surface area (Å²) in [5, 5.41) is 0. The lowest BCUT2D eigenvalue weighted by atomic mass is 10.3. The van der Waals surface area contributed by atoms with Gasteiger partial charge in [-0.1, -0.05) is 0 Å². The van der Waals surface area contributed by atoms with E-state index in [9.17, 15) is 0 Å². The molecular formula is C14H11BrClN3O. The fraction of sp³-hybridized carbons (Fsp3) is 0.143. The van der Waals surface area contributed by atoms with E-state index in [2.05, 4.69) is 25.9 Å². The summed E-state index contributed by atoms with van der Waals surface area (Å²) in [5.74, 6) is 1.82. The van der Waals surface area contributed by atoms with Crippen LogP contribution in [0, 0.1) is 0 Å². The van der Waals surface area contributed by atoms with Gasteiger partial charge >= 0.3 is 0 Å². The Balaban J connectivity index is 2.28. The van der Waals surface area contributed by atoms with Gasteiger partial charge < -0.3 is 4.74 Å². The minimum Gasteiger partial charge on any atom is -0.495 e. The number of hydrogen-bond acceptors (Lipinski definition) is 3. The average Bonchev–Trinajstić information content (AvgIpc) is 2.86. The molecule has 0 fully saturated rings. The van der Waals surface area contributed by atoms with Crippen molar-refractivity contribution >= 4 is 38.7 Å². The number of methoxy groups -OCH3 is 1. The van der Waals surface area contributed by atoms with E-state index in [1.807, 2.05) is 34.9 Å². The molecule has 0 aliphatic rings.